The lowest BCUT2D eigenvalue weighted by Gasteiger charge is -2.48. The molecule has 1 aromatic carbocycles. The molecule has 0 saturated carbocycles. The number of amides is 2. The Labute approximate surface area is 164 Å². The van der Waals surface area contributed by atoms with Crippen LogP contribution in [0, 0.1) is 5.41 Å². The standard InChI is InChI=1S/C20H25N5O3/c1-23-18(21-14-22-23)15-5-3-4-6-16(15)19(27)24-9-8-20(11-24)12-25(13-20)17(26)7-10-28-2/h3-6,14H,7-13H2,1-2H3. The predicted octanol–water partition coefficient (Wildman–Crippen LogP) is 1.19. The van der Waals surface area contributed by atoms with Crippen LogP contribution in [-0.2, 0) is 16.6 Å². The van der Waals surface area contributed by atoms with Gasteiger partial charge in [0, 0.05) is 51.3 Å². The molecule has 148 valence electrons. The van der Waals surface area contributed by atoms with E-state index in [0.29, 0.717) is 37.5 Å². The van der Waals surface area contributed by atoms with Crippen molar-refractivity contribution >= 4 is 11.8 Å². The minimum Gasteiger partial charge on any atom is -0.384 e. The van der Waals surface area contributed by atoms with E-state index in [1.807, 2.05) is 41.1 Å². The van der Waals surface area contributed by atoms with Crippen molar-refractivity contribution in [2.24, 2.45) is 12.5 Å². The third-order valence-corrected chi connectivity index (χ3v) is 5.76. The molecule has 2 fully saturated rings. The van der Waals surface area contributed by atoms with Crippen LogP contribution in [0.2, 0.25) is 0 Å². The zero-order valence-corrected chi connectivity index (χ0v) is 16.3. The van der Waals surface area contributed by atoms with Crippen LogP contribution in [0.3, 0.4) is 0 Å². The fourth-order valence-corrected chi connectivity index (χ4v) is 4.23. The first kappa shape index (κ1) is 18.6. The Morgan fingerprint density at radius 1 is 1.18 bits per heavy atom. The summed E-state index contributed by atoms with van der Waals surface area (Å²) in [5, 5.41) is 4.12. The van der Waals surface area contributed by atoms with E-state index in [1.165, 1.54) is 6.33 Å². The third-order valence-electron chi connectivity index (χ3n) is 5.76. The molecule has 2 amide bonds. The van der Waals surface area contributed by atoms with Crippen molar-refractivity contribution in [3.05, 3.63) is 36.2 Å². The Morgan fingerprint density at radius 2 is 1.93 bits per heavy atom. The molecule has 8 nitrogen and oxygen atoms in total. The molecule has 1 spiro atoms. The first-order valence-corrected chi connectivity index (χ1v) is 9.52. The fraction of sp³-hybridized carbons (Fsp3) is 0.500. The third kappa shape index (κ3) is 3.28. The largest absolute Gasteiger partial charge is 0.384 e. The summed E-state index contributed by atoms with van der Waals surface area (Å²) in [6.45, 7) is 3.30. The van der Waals surface area contributed by atoms with Gasteiger partial charge in [-0.05, 0) is 12.5 Å². The normalized spacial score (nSPS) is 17.8. The van der Waals surface area contributed by atoms with E-state index in [2.05, 4.69) is 10.1 Å². The number of rotatable bonds is 5. The van der Waals surface area contributed by atoms with Crippen LogP contribution < -0.4 is 0 Å². The van der Waals surface area contributed by atoms with Gasteiger partial charge in [-0.3, -0.25) is 9.59 Å². The average Bonchev–Trinajstić information content (AvgIpc) is 3.31. The van der Waals surface area contributed by atoms with Crippen LogP contribution in [0.1, 0.15) is 23.2 Å². The highest BCUT2D eigenvalue weighted by Crippen LogP contribution is 2.40. The topological polar surface area (TPSA) is 80.6 Å². The molecule has 0 unspecified atom stereocenters. The second kappa shape index (κ2) is 7.35. The summed E-state index contributed by atoms with van der Waals surface area (Å²) in [7, 11) is 3.42. The number of aryl methyl sites for hydroxylation is 1. The summed E-state index contributed by atoms with van der Waals surface area (Å²) in [5.41, 5.74) is 1.47. The number of nitrogens with zero attached hydrogens (tertiary/aromatic N) is 5. The van der Waals surface area contributed by atoms with Crippen molar-refractivity contribution in [1.82, 2.24) is 24.6 Å². The second-order valence-electron chi connectivity index (χ2n) is 7.72. The van der Waals surface area contributed by atoms with Gasteiger partial charge < -0.3 is 14.5 Å². The molecule has 0 aliphatic carbocycles. The van der Waals surface area contributed by atoms with Crippen LogP contribution in [0.15, 0.2) is 30.6 Å². The molecule has 0 atom stereocenters. The maximum Gasteiger partial charge on any atom is 0.254 e. The van der Waals surface area contributed by atoms with E-state index in [0.717, 1.165) is 25.1 Å². The van der Waals surface area contributed by atoms with E-state index in [-0.39, 0.29) is 17.2 Å². The Hall–Kier alpha value is -2.74. The molecule has 1 aromatic heterocycles. The second-order valence-corrected chi connectivity index (χ2v) is 7.72. The Bertz CT molecular complexity index is 887. The van der Waals surface area contributed by atoms with Crippen molar-refractivity contribution in [3.8, 4) is 11.4 Å². The lowest BCUT2D eigenvalue weighted by Crippen LogP contribution is -2.59. The van der Waals surface area contributed by atoms with Crippen LogP contribution in [0.5, 0.6) is 0 Å². The number of hydrogen-bond donors (Lipinski definition) is 0. The maximum absolute atomic E-state index is 13.2. The monoisotopic (exact) mass is 383 g/mol. The zero-order valence-electron chi connectivity index (χ0n) is 16.3. The number of carbonyl (C=O) groups is 2. The van der Waals surface area contributed by atoms with Gasteiger partial charge in [0.05, 0.1) is 18.6 Å². The number of hydrogen-bond acceptors (Lipinski definition) is 5. The van der Waals surface area contributed by atoms with Crippen LogP contribution in [-0.4, -0.2) is 76.3 Å². The maximum atomic E-state index is 13.2. The van der Waals surface area contributed by atoms with Crippen LogP contribution in [0.25, 0.3) is 11.4 Å². The number of ether oxygens (including phenoxy) is 1. The van der Waals surface area contributed by atoms with Crippen molar-refractivity contribution < 1.29 is 14.3 Å². The number of carbonyl (C=O) groups excluding carboxylic acids is 2. The predicted molar refractivity (Wildman–Crippen MR) is 102 cm³/mol. The molecule has 0 bridgehead atoms. The molecular formula is C20H25N5O3. The van der Waals surface area contributed by atoms with E-state index >= 15 is 0 Å². The Balaban J connectivity index is 1.44. The molecule has 2 aromatic rings. The summed E-state index contributed by atoms with van der Waals surface area (Å²) in [4.78, 5) is 33.4. The van der Waals surface area contributed by atoms with Gasteiger partial charge in [0.15, 0.2) is 5.82 Å². The average molecular weight is 383 g/mol. The molecule has 28 heavy (non-hydrogen) atoms. The van der Waals surface area contributed by atoms with E-state index < -0.39 is 0 Å². The number of methoxy groups -OCH3 is 1. The quantitative estimate of drug-likeness (QED) is 0.775. The molecule has 8 heteroatoms. The zero-order chi connectivity index (χ0) is 19.7. The molecule has 2 aliphatic heterocycles. The molecule has 3 heterocycles. The number of aromatic nitrogens is 3. The fourth-order valence-electron chi connectivity index (χ4n) is 4.23. The van der Waals surface area contributed by atoms with E-state index in [9.17, 15) is 9.59 Å². The van der Waals surface area contributed by atoms with Gasteiger partial charge in [0.2, 0.25) is 5.91 Å². The highest BCUT2D eigenvalue weighted by molar-refractivity contribution is 6.00. The van der Waals surface area contributed by atoms with Gasteiger partial charge >= 0.3 is 0 Å². The first-order valence-electron chi connectivity index (χ1n) is 9.52. The van der Waals surface area contributed by atoms with Gasteiger partial charge in [-0.25, -0.2) is 9.67 Å². The minimum absolute atomic E-state index is 0.0136. The van der Waals surface area contributed by atoms with Gasteiger partial charge in [-0.15, -0.1) is 0 Å². The van der Waals surface area contributed by atoms with E-state index in [1.54, 1.807) is 11.8 Å². The molecular weight excluding hydrogens is 358 g/mol. The smallest absolute Gasteiger partial charge is 0.254 e. The molecule has 2 aliphatic rings. The van der Waals surface area contributed by atoms with Crippen LogP contribution in [0.4, 0.5) is 0 Å². The summed E-state index contributed by atoms with van der Waals surface area (Å²) >= 11 is 0. The Morgan fingerprint density at radius 3 is 2.64 bits per heavy atom. The minimum atomic E-state index is 0.0136. The molecule has 4 rings (SSSR count). The first-order chi connectivity index (χ1) is 13.5. The number of benzene rings is 1. The van der Waals surface area contributed by atoms with Crippen molar-refractivity contribution in [2.45, 2.75) is 12.8 Å². The Kier molecular flexibility index (Phi) is 4.89. The van der Waals surface area contributed by atoms with Crippen molar-refractivity contribution in [2.75, 3.05) is 39.9 Å². The van der Waals surface area contributed by atoms with Gasteiger partial charge in [0.25, 0.3) is 5.91 Å². The highest BCUT2D eigenvalue weighted by Gasteiger charge is 2.50. The SMILES string of the molecule is COCCC(=O)N1CC2(CCN(C(=O)c3ccccc3-c3ncnn3C)C2)C1. The van der Waals surface area contributed by atoms with Gasteiger partial charge in [0.1, 0.15) is 6.33 Å². The lowest BCUT2D eigenvalue weighted by molar-refractivity contribution is -0.143. The van der Waals surface area contributed by atoms with Crippen molar-refractivity contribution in [1.29, 1.82) is 0 Å². The summed E-state index contributed by atoms with van der Waals surface area (Å²) in [6, 6.07) is 7.53. The molecule has 0 radical (unpaired) electrons. The van der Waals surface area contributed by atoms with Crippen LogP contribution >= 0.6 is 0 Å². The van der Waals surface area contributed by atoms with Gasteiger partial charge in [-0.2, -0.15) is 5.10 Å². The highest BCUT2D eigenvalue weighted by atomic mass is 16.5. The summed E-state index contributed by atoms with van der Waals surface area (Å²) < 4.78 is 6.66. The lowest BCUT2D eigenvalue weighted by atomic mass is 9.79. The van der Waals surface area contributed by atoms with Crippen molar-refractivity contribution in [3.63, 3.8) is 0 Å². The number of likely N-dealkylation sites (tertiary alicyclic amines) is 2. The summed E-state index contributed by atoms with van der Waals surface area (Å²) in [5.74, 6) is 0.820. The molecule has 0 N–H and O–H groups in total. The van der Waals surface area contributed by atoms with E-state index in [4.69, 9.17) is 4.74 Å². The summed E-state index contributed by atoms with van der Waals surface area (Å²) in [6.07, 6.45) is 2.84. The van der Waals surface area contributed by atoms with Gasteiger partial charge in [-0.1, -0.05) is 18.2 Å². The molecule has 2 saturated heterocycles.